The van der Waals surface area contributed by atoms with E-state index in [1.54, 1.807) is 31.3 Å². The molecule has 0 spiro atoms. The van der Waals surface area contributed by atoms with Gasteiger partial charge in [0.1, 0.15) is 11.5 Å². The Morgan fingerprint density at radius 3 is 2.62 bits per heavy atom. The molecule has 0 aliphatic carbocycles. The third kappa shape index (κ3) is 6.04. The van der Waals surface area contributed by atoms with E-state index in [0.717, 1.165) is 5.56 Å². The average Bonchev–Trinajstić information content (AvgIpc) is 2.64. The first-order valence-electron chi connectivity index (χ1n) is 8.26. The summed E-state index contributed by atoms with van der Waals surface area (Å²) in [6.07, 6.45) is 0.674. The van der Waals surface area contributed by atoms with Gasteiger partial charge in [0.05, 0.1) is 4.92 Å². The van der Waals surface area contributed by atoms with Gasteiger partial charge in [0.2, 0.25) is 0 Å². The van der Waals surface area contributed by atoms with E-state index >= 15 is 0 Å². The Bertz CT molecular complexity index is 767. The Morgan fingerprint density at radius 1 is 1.12 bits per heavy atom. The van der Waals surface area contributed by atoms with E-state index in [1.165, 1.54) is 18.2 Å². The number of benzene rings is 2. The van der Waals surface area contributed by atoms with E-state index in [4.69, 9.17) is 0 Å². The monoisotopic (exact) mass is 359 g/mol. The Morgan fingerprint density at radius 2 is 1.88 bits per heavy atom. The molecule has 0 amide bonds. The van der Waals surface area contributed by atoms with Crippen LogP contribution in [-0.2, 0) is 6.42 Å². The molecule has 0 aromatic heterocycles. The summed E-state index contributed by atoms with van der Waals surface area (Å²) in [7, 11) is 1.66. The van der Waals surface area contributed by atoms with Crippen molar-refractivity contribution in [2.45, 2.75) is 6.42 Å². The molecule has 7 nitrogen and oxygen atoms in total. The fraction of sp³-hybridized carbons (Fsp3) is 0.278. The molecule has 0 saturated carbocycles. The predicted molar refractivity (Wildman–Crippen MR) is 101 cm³/mol. The summed E-state index contributed by atoms with van der Waals surface area (Å²) in [4.78, 5) is 14.7. The van der Waals surface area contributed by atoms with E-state index in [0.29, 0.717) is 37.7 Å². The SMILES string of the molecule is CN=C(NCCNc1ccccc1[N+](=O)[O-])NCCc1cccc(F)c1. The third-order valence-corrected chi connectivity index (χ3v) is 3.65. The van der Waals surface area contributed by atoms with E-state index in [-0.39, 0.29) is 11.5 Å². The fourth-order valence-corrected chi connectivity index (χ4v) is 2.40. The van der Waals surface area contributed by atoms with Crippen molar-refractivity contribution in [1.29, 1.82) is 0 Å². The zero-order valence-electron chi connectivity index (χ0n) is 14.5. The van der Waals surface area contributed by atoms with Crippen molar-refractivity contribution in [2.24, 2.45) is 4.99 Å². The van der Waals surface area contributed by atoms with Crippen LogP contribution >= 0.6 is 0 Å². The largest absolute Gasteiger partial charge is 0.378 e. The Balaban J connectivity index is 1.71. The third-order valence-electron chi connectivity index (χ3n) is 3.65. The van der Waals surface area contributed by atoms with Gasteiger partial charge in [0, 0.05) is 32.7 Å². The van der Waals surface area contributed by atoms with Crippen LogP contribution in [0.2, 0.25) is 0 Å². The van der Waals surface area contributed by atoms with E-state index in [2.05, 4.69) is 20.9 Å². The van der Waals surface area contributed by atoms with Crippen LogP contribution in [0.1, 0.15) is 5.56 Å². The smallest absolute Gasteiger partial charge is 0.292 e. The maximum atomic E-state index is 13.1. The highest BCUT2D eigenvalue weighted by molar-refractivity contribution is 5.79. The van der Waals surface area contributed by atoms with Crippen molar-refractivity contribution in [1.82, 2.24) is 10.6 Å². The maximum Gasteiger partial charge on any atom is 0.292 e. The van der Waals surface area contributed by atoms with Gasteiger partial charge in [-0.3, -0.25) is 15.1 Å². The van der Waals surface area contributed by atoms with Gasteiger partial charge < -0.3 is 16.0 Å². The van der Waals surface area contributed by atoms with Gasteiger partial charge in [-0.05, 0) is 30.2 Å². The summed E-state index contributed by atoms with van der Waals surface area (Å²) in [5.74, 6) is 0.372. The summed E-state index contributed by atoms with van der Waals surface area (Å²) < 4.78 is 13.1. The number of halogens is 1. The molecule has 0 unspecified atom stereocenters. The molecule has 0 saturated heterocycles. The first kappa shape index (κ1) is 19.2. The summed E-state index contributed by atoms with van der Waals surface area (Å²) in [5, 5.41) is 20.3. The molecule has 3 N–H and O–H groups in total. The fourth-order valence-electron chi connectivity index (χ4n) is 2.40. The minimum atomic E-state index is -0.414. The van der Waals surface area contributed by atoms with Crippen molar-refractivity contribution in [3.05, 3.63) is 70.0 Å². The molecule has 2 aromatic rings. The van der Waals surface area contributed by atoms with Crippen LogP contribution in [0.15, 0.2) is 53.5 Å². The molecule has 0 atom stereocenters. The molecule has 0 aliphatic heterocycles. The van der Waals surface area contributed by atoms with Gasteiger partial charge in [-0.2, -0.15) is 0 Å². The van der Waals surface area contributed by atoms with Crippen LogP contribution in [0.4, 0.5) is 15.8 Å². The van der Waals surface area contributed by atoms with Gasteiger partial charge in [-0.15, -0.1) is 0 Å². The number of para-hydroxylation sites is 2. The van der Waals surface area contributed by atoms with Gasteiger partial charge in [-0.25, -0.2) is 4.39 Å². The molecule has 8 heteroatoms. The summed E-state index contributed by atoms with van der Waals surface area (Å²) in [6, 6.07) is 13.0. The number of aliphatic imine (C=N–C) groups is 1. The van der Waals surface area contributed by atoms with Crippen LogP contribution in [0.25, 0.3) is 0 Å². The average molecular weight is 359 g/mol. The number of hydrogen-bond acceptors (Lipinski definition) is 4. The second-order valence-corrected chi connectivity index (χ2v) is 5.51. The molecule has 0 bridgehead atoms. The number of guanidine groups is 1. The minimum Gasteiger partial charge on any atom is -0.378 e. The normalized spacial score (nSPS) is 11.1. The Kier molecular flexibility index (Phi) is 7.35. The van der Waals surface area contributed by atoms with Gasteiger partial charge >= 0.3 is 0 Å². The highest BCUT2D eigenvalue weighted by Gasteiger charge is 2.11. The van der Waals surface area contributed by atoms with Crippen molar-refractivity contribution in [3.63, 3.8) is 0 Å². The molecule has 0 fully saturated rings. The van der Waals surface area contributed by atoms with Gasteiger partial charge in [0.25, 0.3) is 5.69 Å². The van der Waals surface area contributed by atoms with Gasteiger partial charge in [-0.1, -0.05) is 24.3 Å². The summed E-state index contributed by atoms with van der Waals surface area (Å²) in [5.41, 5.74) is 1.43. The first-order chi connectivity index (χ1) is 12.6. The molecule has 0 heterocycles. The highest BCUT2D eigenvalue weighted by atomic mass is 19.1. The molecular formula is C18H22FN5O2. The summed E-state index contributed by atoms with van der Waals surface area (Å²) in [6.45, 7) is 1.64. The Hall–Kier alpha value is -3.16. The molecule has 0 aliphatic rings. The maximum absolute atomic E-state index is 13.1. The zero-order chi connectivity index (χ0) is 18.8. The second-order valence-electron chi connectivity index (χ2n) is 5.51. The number of nitro benzene ring substituents is 1. The molecule has 2 rings (SSSR count). The standard InChI is InChI=1S/C18H22FN5O2/c1-20-18(22-10-9-14-5-4-6-15(19)13-14)23-12-11-21-16-7-2-3-8-17(16)24(25)26/h2-8,13,21H,9-12H2,1H3,(H2,20,22,23). The van der Waals surface area contributed by atoms with Crippen molar-refractivity contribution in [3.8, 4) is 0 Å². The van der Waals surface area contributed by atoms with E-state index in [9.17, 15) is 14.5 Å². The number of hydrogen-bond donors (Lipinski definition) is 3. The van der Waals surface area contributed by atoms with Crippen LogP contribution < -0.4 is 16.0 Å². The lowest BCUT2D eigenvalue weighted by Gasteiger charge is -2.13. The lowest BCUT2D eigenvalue weighted by atomic mass is 10.1. The zero-order valence-corrected chi connectivity index (χ0v) is 14.5. The highest BCUT2D eigenvalue weighted by Crippen LogP contribution is 2.22. The molecular weight excluding hydrogens is 337 g/mol. The number of rotatable bonds is 8. The van der Waals surface area contributed by atoms with Crippen molar-refractivity contribution in [2.75, 3.05) is 32.0 Å². The van der Waals surface area contributed by atoms with Crippen LogP contribution in [0.3, 0.4) is 0 Å². The first-order valence-corrected chi connectivity index (χ1v) is 8.26. The lowest BCUT2D eigenvalue weighted by Crippen LogP contribution is -2.40. The van der Waals surface area contributed by atoms with E-state index in [1.807, 2.05) is 6.07 Å². The summed E-state index contributed by atoms with van der Waals surface area (Å²) >= 11 is 0. The second kappa shape index (κ2) is 9.97. The number of nitro groups is 1. The van der Waals surface area contributed by atoms with Crippen LogP contribution in [0, 0.1) is 15.9 Å². The number of nitrogens with one attached hydrogen (secondary N) is 3. The minimum absolute atomic E-state index is 0.0464. The number of anilines is 1. The van der Waals surface area contributed by atoms with E-state index < -0.39 is 4.92 Å². The lowest BCUT2D eigenvalue weighted by molar-refractivity contribution is -0.384. The van der Waals surface area contributed by atoms with Crippen molar-refractivity contribution < 1.29 is 9.31 Å². The van der Waals surface area contributed by atoms with Crippen LogP contribution in [-0.4, -0.2) is 37.6 Å². The molecule has 2 aromatic carbocycles. The molecule has 0 radical (unpaired) electrons. The number of nitrogens with zero attached hydrogens (tertiary/aromatic N) is 2. The molecule has 26 heavy (non-hydrogen) atoms. The Labute approximate surface area is 151 Å². The topological polar surface area (TPSA) is 91.6 Å². The quantitative estimate of drug-likeness (QED) is 0.221. The van der Waals surface area contributed by atoms with Gasteiger partial charge in [0.15, 0.2) is 5.96 Å². The predicted octanol–water partition coefficient (Wildman–Crippen LogP) is 2.55. The van der Waals surface area contributed by atoms with Crippen molar-refractivity contribution >= 4 is 17.3 Å². The molecule has 138 valence electrons. The van der Waals surface area contributed by atoms with Crippen LogP contribution in [0.5, 0.6) is 0 Å².